The average molecular weight is 280 g/mol. The molecule has 106 valence electrons. The van der Waals surface area contributed by atoms with Crippen molar-refractivity contribution in [3.63, 3.8) is 0 Å². The quantitative estimate of drug-likeness (QED) is 0.836. The molecule has 0 spiro atoms. The van der Waals surface area contributed by atoms with E-state index >= 15 is 0 Å². The van der Waals surface area contributed by atoms with E-state index in [0.717, 1.165) is 29.9 Å². The maximum absolute atomic E-state index is 4.56. The Morgan fingerprint density at radius 3 is 2.95 bits per heavy atom. The van der Waals surface area contributed by atoms with Crippen molar-refractivity contribution in [1.29, 1.82) is 0 Å². The lowest BCUT2D eigenvalue weighted by Gasteiger charge is -2.29. The molecule has 2 rings (SSSR count). The van der Waals surface area contributed by atoms with Gasteiger partial charge in [0.2, 0.25) is 0 Å². The van der Waals surface area contributed by atoms with Crippen LogP contribution in [-0.2, 0) is 0 Å². The Morgan fingerprint density at radius 1 is 1.32 bits per heavy atom. The lowest BCUT2D eigenvalue weighted by atomic mass is 9.95. The summed E-state index contributed by atoms with van der Waals surface area (Å²) >= 11 is 1.99. The molecule has 1 aromatic heterocycles. The minimum Gasteiger partial charge on any atom is -0.369 e. The molecule has 0 radical (unpaired) electrons. The molecule has 0 bridgehead atoms. The van der Waals surface area contributed by atoms with Gasteiger partial charge in [0.25, 0.3) is 0 Å². The van der Waals surface area contributed by atoms with E-state index in [-0.39, 0.29) is 0 Å². The number of rotatable bonds is 6. The third-order valence-corrected chi connectivity index (χ3v) is 4.60. The topological polar surface area (TPSA) is 49.8 Å². The Hall–Kier alpha value is -0.970. The molecule has 2 unspecified atom stereocenters. The van der Waals surface area contributed by atoms with Gasteiger partial charge in [-0.2, -0.15) is 11.8 Å². The van der Waals surface area contributed by atoms with E-state index in [9.17, 15) is 0 Å². The van der Waals surface area contributed by atoms with Crippen molar-refractivity contribution in [2.24, 2.45) is 0 Å². The molecule has 1 aliphatic carbocycles. The first-order valence-corrected chi connectivity index (χ1v) is 8.46. The highest BCUT2D eigenvalue weighted by Crippen LogP contribution is 2.28. The summed E-state index contributed by atoms with van der Waals surface area (Å²) < 4.78 is 0. The predicted octanol–water partition coefficient (Wildman–Crippen LogP) is 3.38. The molecule has 2 atom stereocenters. The van der Waals surface area contributed by atoms with Gasteiger partial charge in [0, 0.05) is 17.8 Å². The number of anilines is 2. The van der Waals surface area contributed by atoms with E-state index in [1.54, 1.807) is 6.20 Å². The largest absolute Gasteiger partial charge is 0.369 e. The first-order chi connectivity index (χ1) is 9.31. The van der Waals surface area contributed by atoms with Gasteiger partial charge in [0.05, 0.1) is 12.4 Å². The van der Waals surface area contributed by atoms with Crippen LogP contribution < -0.4 is 10.6 Å². The summed E-state index contributed by atoms with van der Waals surface area (Å²) in [6.45, 7) is 3.09. The summed E-state index contributed by atoms with van der Waals surface area (Å²) in [5.74, 6) is 1.76. The number of hydrogen-bond acceptors (Lipinski definition) is 5. The standard InChI is InChI=1S/C14H24N4S/c1-3-7-16-13-9-15-10-14(18-13)17-11-5-4-6-12(8-11)19-2/h9-12H,3-8H2,1-2H3,(H2,16,17,18). The second kappa shape index (κ2) is 7.58. The zero-order valence-corrected chi connectivity index (χ0v) is 12.7. The second-order valence-corrected chi connectivity index (χ2v) is 6.22. The van der Waals surface area contributed by atoms with E-state index in [4.69, 9.17) is 0 Å². The van der Waals surface area contributed by atoms with Gasteiger partial charge in [0.15, 0.2) is 0 Å². The van der Waals surface area contributed by atoms with Crippen molar-refractivity contribution in [2.75, 3.05) is 23.4 Å². The highest BCUT2D eigenvalue weighted by molar-refractivity contribution is 7.99. The Labute approximate surface area is 120 Å². The summed E-state index contributed by atoms with van der Waals surface area (Å²) in [5, 5.41) is 7.60. The molecule has 0 saturated heterocycles. The monoisotopic (exact) mass is 280 g/mol. The third-order valence-electron chi connectivity index (χ3n) is 3.50. The van der Waals surface area contributed by atoms with Crippen LogP contribution in [-0.4, -0.2) is 34.1 Å². The van der Waals surface area contributed by atoms with Gasteiger partial charge in [-0.1, -0.05) is 13.3 Å². The van der Waals surface area contributed by atoms with Crippen LogP contribution in [0.25, 0.3) is 0 Å². The van der Waals surface area contributed by atoms with Gasteiger partial charge in [-0.15, -0.1) is 0 Å². The van der Waals surface area contributed by atoms with E-state index < -0.39 is 0 Å². The minimum absolute atomic E-state index is 0.543. The van der Waals surface area contributed by atoms with E-state index in [2.05, 4.69) is 33.8 Å². The number of nitrogens with zero attached hydrogens (tertiary/aromatic N) is 2. The van der Waals surface area contributed by atoms with Crippen LogP contribution in [0.1, 0.15) is 39.0 Å². The molecule has 1 heterocycles. The molecule has 19 heavy (non-hydrogen) atoms. The number of nitrogens with one attached hydrogen (secondary N) is 2. The number of hydrogen-bond donors (Lipinski definition) is 2. The van der Waals surface area contributed by atoms with E-state index in [0.29, 0.717) is 6.04 Å². The van der Waals surface area contributed by atoms with Gasteiger partial charge in [-0.25, -0.2) is 4.98 Å². The second-order valence-electron chi connectivity index (χ2n) is 5.08. The molecule has 1 aliphatic rings. The smallest absolute Gasteiger partial charge is 0.147 e. The molecule has 2 N–H and O–H groups in total. The maximum atomic E-state index is 4.56. The molecule has 5 heteroatoms. The fraction of sp³-hybridized carbons (Fsp3) is 0.714. The summed E-state index contributed by atoms with van der Waals surface area (Å²) in [7, 11) is 0. The molecular formula is C14H24N4S. The zero-order chi connectivity index (χ0) is 13.5. The zero-order valence-electron chi connectivity index (χ0n) is 11.9. The molecule has 0 aromatic carbocycles. The molecule has 0 amide bonds. The Balaban J connectivity index is 1.90. The van der Waals surface area contributed by atoms with E-state index in [1.165, 1.54) is 25.7 Å². The van der Waals surface area contributed by atoms with Gasteiger partial charge < -0.3 is 10.6 Å². The maximum Gasteiger partial charge on any atom is 0.147 e. The molecular weight excluding hydrogens is 256 g/mol. The van der Waals surface area contributed by atoms with Gasteiger partial charge in [0.1, 0.15) is 11.6 Å². The van der Waals surface area contributed by atoms with Crippen LogP contribution in [0.4, 0.5) is 11.6 Å². The molecule has 1 saturated carbocycles. The van der Waals surface area contributed by atoms with Crippen molar-refractivity contribution < 1.29 is 0 Å². The molecule has 0 aliphatic heterocycles. The van der Waals surface area contributed by atoms with Crippen molar-refractivity contribution in [2.45, 2.75) is 50.3 Å². The molecule has 1 fully saturated rings. The fourth-order valence-electron chi connectivity index (χ4n) is 2.47. The van der Waals surface area contributed by atoms with Crippen LogP contribution in [0.3, 0.4) is 0 Å². The lowest BCUT2D eigenvalue weighted by Crippen LogP contribution is -2.29. The van der Waals surface area contributed by atoms with Gasteiger partial charge in [-0.3, -0.25) is 4.98 Å². The minimum atomic E-state index is 0.543. The average Bonchev–Trinajstić information content (AvgIpc) is 2.46. The highest BCUT2D eigenvalue weighted by atomic mass is 32.2. The number of aromatic nitrogens is 2. The van der Waals surface area contributed by atoms with Gasteiger partial charge in [-0.05, 0) is 31.9 Å². The highest BCUT2D eigenvalue weighted by Gasteiger charge is 2.21. The lowest BCUT2D eigenvalue weighted by molar-refractivity contribution is 0.472. The predicted molar refractivity (Wildman–Crippen MR) is 84.0 cm³/mol. The Kier molecular flexibility index (Phi) is 5.76. The SMILES string of the molecule is CCCNc1cncc(NC2CCCC(SC)C2)n1. The van der Waals surface area contributed by atoms with Crippen LogP contribution in [0.15, 0.2) is 12.4 Å². The summed E-state index contributed by atoms with van der Waals surface area (Å²) in [6.07, 6.45) is 12.0. The molecule has 4 nitrogen and oxygen atoms in total. The van der Waals surface area contributed by atoms with Crippen LogP contribution in [0.2, 0.25) is 0 Å². The number of thioether (sulfide) groups is 1. The first kappa shape index (κ1) is 14.4. The molecule has 1 aromatic rings. The summed E-state index contributed by atoms with van der Waals surface area (Å²) in [6, 6.07) is 0.543. The normalized spacial score (nSPS) is 23.1. The van der Waals surface area contributed by atoms with Crippen LogP contribution >= 0.6 is 11.8 Å². The van der Waals surface area contributed by atoms with Crippen molar-refractivity contribution in [3.8, 4) is 0 Å². The first-order valence-electron chi connectivity index (χ1n) is 7.17. The fourth-order valence-corrected chi connectivity index (χ4v) is 3.30. The van der Waals surface area contributed by atoms with Crippen molar-refractivity contribution >= 4 is 23.4 Å². The van der Waals surface area contributed by atoms with Crippen molar-refractivity contribution in [1.82, 2.24) is 9.97 Å². The third kappa shape index (κ3) is 4.56. The van der Waals surface area contributed by atoms with Gasteiger partial charge >= 0.3 is 0 Å². The summed E-state index contributed by atoms with van der Waals surface area (Å²) in [4.78, 5) is 8.81. The van der Waals surface area contributed by atoms with Crippen LogP contribution in [0, 0.1) is 0 Å². The van der Waals surface area contributed by atoms with Crippen molar-refractivity contribution in [3.05, 3.63) is 12.4 Å². The van der Waals surface area contributed by atoms with E-state index in [1.807, 2.05) is 18.0 Å². The Bertz CT molecular complexity index is 385. The summed E-state index contributed by atoms with van der Waals surface area (Å²) in [5.41, 5.74) is 0. The Morgan fingerprint density at radius 2 is 2.16 bits per heavy atom. The van der Waals surface area contributed by atoms with Crippen LogP contribution in [0.5, 0.6) is 0 Å².